The van der Waals surface area contributed by atoms with Crippen LogP contribution in [0.25, 0.3) is 0 Å². The molecule has 0 saturated carbocycles. The Balaban J connectivity index is 2.10. The number of aryl methyl sites for hydroxylation is 2. The van der Waals surface area contributed by atoms with Crippen LogP contribution in [0.1, 0.15) is 48.9 Å². The monoisotopic (exact) mass is 309 g/mol. The molecule has 23 heavy (non-hydrogen) atoms. The molecule has 2 aromatic carbocycles. The Bertz CT molecular complexity index is 650. The van der Waals surface area contributed by atoms with Gasteiger partial charge in [0.1, 0.15) is 0 Å². The number of para-hydroxylation sites is 1. The van der Waals surface area contributed by atoms with Crippen LogP contribution in [-0.2, 0) is 11.2 Å². The quantitative estimate of drug-likeness (QED) is 0.803. The molecule has 1 amide bonds. The van der Waals surface area contributed by atoms with E-state index in [-0.39, 0.29) is 11.8 Å². The molecule has 0 fully saturated rings. The molecule has 2 heteroatoms. The van der Waals surface area contributed by atoms with E-state index >= 15 is 0 Å². The van der Waals surface area contributed by atoms with Crippen molar-refractivity contribution in [2.24, 2.45) is 5.92 Å². The fraction of sp³-hybridized carbons (Fsp3) is 0.381. The van der Waals surface area contributed by atoms with Crippen LogP contribution in [0.2, 0.25) is 0 Å². The number of amides is 1. The van der Waals surface area contributed by atoms with Crippen LogP contribution < -0.4 is 5.32 Å². The summed E-state index contributed by atoms with van der Waals surface area (Å²) in [6.45, 7) is 10.4. The van der Waals surface area contributed by atoms with E-state index in [1.165, 1.54) is 5.56 Å². The highest BCUT2D eigenvalue weighted by Crippen LogP contribution is 2.23. The van der Waals surface area contributed by atoms with E-state index in [9.17, 15) is 4.79 Å². The van der Waals surface area contributed by atoms with Gasteiger partial charge in [-0.15, -0.1) is 0 Å². The summed E-state index contributed by atoms with van der Waals surface area (Å²) in [6.07, 6.45) is 1.07. The first-order chi connectivity index (χ1) is 10.9. The number of hydrogen-bond donors (Lipinski definition) is 1. The minimum atomic E-state index is -0.165. The fourth-order valence-electron chi connectivity index (χ4n) is 2.81. The smallest absolute Gasteiger partial charge is 0.231 e. The van der Waals surface area contributed by atoms with Crippen molar-refractivity contribution in [1.82, 2.24) is 0 Å². The molecule has 2 rings (SSSR count). The van der Waals surface area contributed by atoms with Gasteiger partial charge in [0, 0.05) is 5.69 Å². The normalized spacial score (nSPS) is 12.3. The van der Waals surface area contributed by atoms with Crippen LogP contribution in [-0.4, -0.2) is 5.91 Å². The molecule has 1 atom stereocenters. The van der Waals surface area contributed by atoms with E-state index in [0.29, 0.717) is 5.92 Å². The third-order valence-electron chi connectivity index (χ3n) is 4.25. The molecule has 122 valence electrons. The second kappa shape index (κ2) is 7.45. The predicted molar refractivity (Wildman–Crippen MR) is 97.9 cm³/mol. The Morgan fingerprint density at radius 1 is 0.957 bits per heavy atom. The van der Waals surface area contributed by atoms with Gasteiger partial charge in [0.05, 0.1) is 5.92 Å². The van der Waals surface area contributed by atoms with Gasteiger partial charge in [-0.1, -0.05) is 56.3 Å². The molecule has 0 unspecified atom stereocenters. The summed E-state index contributed by atoms with van der Waals surface area (Å²) in [6, 6.07) is 14.5. The lowest BCUT2D eigenvalue weighted by molar-refractivity contribution is -0.117. The zero-order valence-corrected chi connectivity index (χ0v) is 14.8. The van der Waals surface area contributed by atoms with Crippen molar-refractivity contribution in [2.75, 3.05) is 5.32 Å². The molecule has 0 saturated heterocycles. The summed E-state index contributed by atoms with van der Waals surface area (Å²) >= 11 is 0. The van der Waals surface area contributed by atoms with Gasteiger partial charge in [-0.3, -0.25) is 4.79 Å². The van der Waals surface area contributed by atoms with E-state index < -0.39 is 0 Å². The predicted octanol–water partition coefficient (Wildman–Crippen LogP) is 5.24. The van der Waals surface area contributed by atoms with Gasteiger partial charge in [-0.25, -0.2) is 0 Å². The maximum absolute atomic E-state index is 12.6. The highest BCUT2D eigenvalue weighted by atomic mass is 16.1. The lowest BCUT2D eigenvalue weighted by atomic mass is 9.96. The second-order valence-corrected chi connectivity index (χ2v) is 6.82. The van der Waals surface area contributed by atoms with Crippen LogP contribution >= 0.6 is 0 Å². The minimum absolute atomic E-state index is 0.0407. The Labute approximate surface area is 139 Å². The lowest BCUT2D eigenvalue weighted by Gasteiger charge is -2.16. The van der Waals surface area contributed by atoms with Crippen LogP contribution in [0, 0.1) is 19.8 Å². The maximum Gasteiger partial charge on any atom is 0.231 e. The van der Waals surface area contributed by atoms with E-state index in [4.69, 9.17) is 0 Å². The van der Waals surface area contributed by atoms with Crippen molar-refractivity contribution in [1.29, 1.82) is 0 Å². The summed E-state index contributed by atoms with van der Waals surface area (Å²) < 4.78 is 0. The van der Waals surface area contributed by atoms with Crippen molar-refractivity contribution in [3.05, 3.63) is 64.7 Å². The molecule has 0 radical (unpaired) electrons. The van der Waals surface area contributed by atoms with Gasteiger partial charge < -0.3 is 5.32 Å². The van der Waals surface area contributed by atoms with Crippen molar-refractivity contribution in [3.63, 3.8) is 0 Å². The highest BCUT2D eigenvalue weighted by Gasteiger charge is 2.17. The number of benzene rings is 2. The zero-order chi connectivity index (χ0) is 17.0. The van der Waals surface area contributed by atoms with E-state index in [2.05, 4.69) is 43.4 Å². The molecule has 2 nitrogen and oxygen atoms in total. The van der Waals surface area contributed by atoms with Crippen molar-refractivity contribution in [3.8, 4) is 0 Å². The molecule has 0 aliphatic rings. The highest BCUT2D eigenvalue weighted by molar-refractivity contribution is 5.96. The first-order valence-electron chi connectivity index (χ1n) is 8.34. The molecule has 0 aromatic heterocycles. The van der Waals surface area contributed by atoms with Crippen molar-refractivity contribution >= 4 is 11.6 Å². The molecular weight excluding hydrogens is 282 g/mol. The first-order valence-corrected chi connectivity index (χ1v) is 8.34. The third-order valence-corrected chi connectivity index (χ3v) is 4.25. The zero-order valence-electron chi connectivity index (χ0n) is 14.8. The average Bonchev–Trinajstić information content (AvgIpc) is 2.50. The molecule has 0 heterocycles. The number of carbonyl (C=O) groups excluding carboxylic acids is 1. The summed E-state index contributed by atoms with van der Waals surface area (Å²) in [4.78, 5) is 12.6. The Morgan fingerprint density at radius 3 is 2.04 bits per heavy atom. The molecule has 1 N–H and O–H groups in total. The average molecular weight is 309 g/mol. The van der Waals surface area contributed by atoms with Gasteiger partial charge in [-0.2, -0.15) is 0 Å². The summed E-state index contributed by atoms with van der Waals surface area (Å²) in [5.74, 6) is 0.520. The molecular formula is C21H27NO. The van der Waals surface area contributed by atoms with Crippen LogP contribution in [0.3, 0.4) is 0 Å². The van der Waals surface area contributed by atoms with E-state index in [0.717, 1.165) is 28.8 Å². The van der Waals surface area contributed by atoms with Gasteiger partial charge in [0.2, 0.25) is 5.91 Å². The Hall–Kier alpha value is -2.09. The van der Waals surface area contributed by atoms with Gasteiger partial charge in [0.15, 0.2) is 0 Å². The van der Waals surface area contributed by atoms with Crippen molar-refractivity contribution in [2.45, 2.75) is 47.0 Å². The second-order valence-electron chi connectivity index (χ2n) is 6.82. The van der Waals surface area contributed by atoms with Gasteiger partial charge in [-0.05, 0) is 55.4 Å². The van der Waals surface area contributed by atoms with Crippen LogP contribution in [0.5, 0.6) is 0 Å². The number of anilines is 1. The molecule has 0 aliphatic carbocycles. The molecule has 0 aliphatic heterocycles. The molecule has 2 aromatic rings. The van der Waals surface area contributed by atoms with Crippen LogP contribution in [0.4, 0.5) is 5.69 Å². The largest absolute Gasteiger partial charge is 0.325 e. The third kappa shape index (κ3) is 4.44. The minimum Gasteiger partial charge on any atom is -0.325 e. The van der Waals surface area contributed by atoms with E-state index in [1.54, 1.807) is 0 Å². The number of nitrogens with one attached hydrogen (secondary N) is 1. The topological polar surface area (TPSA) is 29.1 Å². The number of carbonyl (C=O) groups is 1. The Morgan fingerprint density at radius 2 is 1.52 bits per heavy atom. The molecule has 0 bridgehead atoms. The SMILES string of the molecule is Cc1cccc(C)c1NC(=O)[C@@H](C)c1ccc(CC(C)C)cc1. The fourth-order valence-corrected chi connectivity index (χ4v) is 2.81. The van der Waals surface area contributed by atoms with Crippen molar-refractivity contribution < 1.29 is 4.79 Å². The first kappa shape index (κ1) is 17.3. The summed E-state index contributed by atoms with van der Waals surface area (Å²) in [5.41, 5.74) is 5.50. The number of hydrogen-bond acceptors (Lipinski definition) is 1. The summed E-state index contributed by atoms with van der Waals surface area (Å²) in [5, 5.41) is 3.08. The van der Waals surface area contributed by atoms with E-state index in [1.807, 2.05) is 39.0 Å². The standard InChI is InChI=1S/C21H27NO/c1-14(2)13-18-9-11-19(12-10-18)17(5)21(23)22-20-15(3)7-6-8-16(20)4/h6-12,14,17H,13H2,1-5H3,(H,22,23)/t17-/m0/s1. The number of rotatable bonds is 5. The summed E-state index contributed by atoms with van der Waals surface area (Å²) in [7, 11) is 0. The van der Waals surface area contributed by atoms with Crippen LogP contribution in [0.15, 0.2) is 42.5 Å². The lowest BCUT2D eigenvalue weighted by Crippen LogP contribution is -2.20. The maximum atomic E-state index is 12.6. The molecule has 0 spiro atoms. The van der Waals surface area contributed by atoms with Gasteiger partial charge in [0.25, 0.3) is 0 Å². The van der Waals surface area contributed by atoms with Gasteiger partial charge >= 0.3 is 0 Å². The Kier molecular flexibility index (Phi) is 5.59.